The number of hydrogen-bond donors (Lipinski definition) is 2. The van der Waals surface area contributed by atoms with Crippen molar-refractivity contribution in [1.29, 1.82) is 0 Å². The first-order chi connectivity index (χ1) is 11.8. The van der Waals surface area contributed by atoms with E-state index in [0.717, 1.165) is 0 Å². The number of carboxylic acids is 1. The second-order valence-corrected chi connectivity index (χ2v) is 7.38. The normalized spacial score (nSPS) is 15.6. The SMILES string of the molecule is COc1ccc(S(=O)(=O)N2CCN(C(=O)NCCC(=O)O)CC2)cc1. The monoisotopic (exact) mass is 371 g/mol. The minimum Gasteiger partial charge on any atom is -0.497 e. The summed E-state index contributed by atoms with van der Waals surface area (Å²) in [6, 6.07) is 5.75. The quantitative estimate of drug-likeness (QED) is 0.737. The average Bonchev–Trinajstić information content (AvgIpc) is 2.61. The minimum absolute atomic E-state index is 0.0402. The molecule has 2 rings (SSSR count). The Balaban J connectivity index is 1.91. The zero-order valence-corrected chi connectivity index (χ0v) is 14.7. The number of ether oxygens (including phenoxy) is 1. The number of urea groups is 1. The number of amides is 2. The number of rotatable bonds is 6. The van der Waals surface area contributed by atoms with E-state index >= 15 is 0 Å². The molecule has 1 aliphatic rings. The summed E-state index contributed by atoms with van der Waals surface area (Å²) in [5, 5.41) is 11.1. The molecule has 2 N–H and O–H groups in total. The van der Waals surface area contributed by atoms with Crippen LogP contribution in [0.25, 0.3) is 0 Å². The van der Waals surface area contributed by atoms with Gasteiger partial charge in [0.15, 0.2) is 0 Å². The molecular weight excluding hydrogens is 350 g/mol. The molecule has 138 valence electrons. The molecule has 0 saturated carbocycles. The molecule has 0 atom stereocenters. The largest absolute Gasteiger partial charge is 0.497 e. The zero-order chi connectivity index (χ0) is 18.4. The average molecular weight is 371 g/mol. The minimum atomic E-state index is -3.62. The fourth-order valence-corrected chi connectivity index (χ4v) is 3.84. The Hall–Kier alpha value is -2.33. The number of methoxy groups -OCH3 is 1. The summed E-state index contributed by atoms with van der Waals surface area (Å²) in [6.07, 6.45) is -0.155. The number of carboxylic acid groups (broad SMARTS) is 1. The van der Waals surface area contributed by atoms with Gasteiger partial charge in [0.2, 0.25) is 10.0 Å². The summed E-state index contributed by atoms with van der Waals surface area (Å²) >= 11 is 0. The first-order valence-corrected chi connectivity index (χ1v) is 9.17. The Morgan fingerprint density at radius 1 is 1.16 bits per heavy atom. The van der Waals surface area contributed by atoms with E-state index in [1.165, 1.54) is 28.4 Å². The predicted molar refractivity (Wildman–Crippen MR) is 89.0 cm³/mol. The summed E-state index contributed by atoms with van der Waals surface area (Å²) in [7, 11) is -2.12. The van der Waals surface area contributed by atoms with Gasteiger partial charge in [-0.2, -0.15) is 4.31 Å². The molecule has 1 fully saturated rings. The molecule has 9 nitrogen and oxygen atoms in total. The Morgan fingerprint density at radius 3 is 2.28 bits per heavy atom. The van der Waals surface area contributed by atoms with E-state index in [1.807, 2.05) is 0 Å². The number of hydrogen-bond acceptors (Lipinski definition) is 5. The molecule has 0 aliphatic carbocycles. The van der Waals surface area contributed by atoms with Crippen molar-refractivity contribution < 1.29 is 27.9 Å². The molecule has 0 spiro atoms. The number of benzene rings is 1. The highest BCUT2D eigenvalue weighted by Gasteiger charge is 2.30. The van der Waals surface area contributed by atoms with Crippen molar-refractivity contribution in [2.45, 2.75) is 11.3 Å². The standard InChI is InChI=1S/C15H21N3O6S/c1-24-12-2-4-13(5-3-12)25(22,23)18-10-8-17(9-11-18)15(21)16-7-6-14(19)20/h2-5H,6-11H2,1H3,(H,16,21)(H,19,20). The zero-order valence-electron chi connectivity index (χ0n) is 13.8. The molecule has 1 aromatic rings. The van der Waals surface area contributed by atoms with Crippen LogP contribution in [0, 0.1) is 0 Å². The van der Waals surface area contributed by atoms with Crippen molar-refractivity contribution in [3.8, 4) is 5.75 Å². The number of nitrogens with zero attached hydrogens (tertiary/aromatic N) is 2. The van der Waals surface area contributed by atoms with Crippen molar-refractivity contribution in [2.75, 3.05) is 39.8 Å². The molecule has 0 radical (unpaired) electrons. The molecule has 0 aromatic heterocycles. The van der Waals surface area contributed by atoms with Crippen molar-refractivity contribution in [3.05, 3.63) is 24.3 Å². The lowest BCUT2D eigenvalue weighted by atomic mass is 10.3. The first kappa shape index (κ1) is 19.0. The molecule has 1 saturated heterocycles. The molecule has 1 aromatic carbocycles. The molecule has 10 heteroatoms. The Bertz CT molecular complexity index is 711. The van der Waals surface area contributed by atoms with E-state index in [9.17, 15) is 18.0 Å². The molecule has 0 bridgehead atoms. The van der Waals surface area contributed by atoms with Crippen LogP contribution in [0.1, 0.15) is 6.42 Å². The fraction of sp³-hybridized carbons (Fsp3) is 0.467. The third kappa shape index (κ3) is 4.83. The third-order valence-corrected chi connectivity index (χ3v) is 5.75. The van der Waals surface area contributed by atoms with E-state index in [4.69, 9.17) is 9.84 Å². The van der Waals surface area contributed by atoms with E-state index in [0.29, 0.717) is 5.75 Å². The maximum absolute atomic E-state index is 12.6. The number of carbonyl (C=O) groups excluding carboxylic acids is 1. The number of nitrogens with one attached hydrogen (secondary N) is 1. The number of sulfonamides is 1. The molecule has 1 aliphatic heterocycles. The van der Waals surface area contributed by atoms with Crippen molar-refractivity contribution in [2.24, 2.45) is 0 Å². The molecular formula is C15H21N3O6S. The Morgan fingerprint density at radius 2 is 1.76 bits per heavy atom. The number of carbonyl (C=O) groups is 2. The van der Waals surface area contributed by atoms with Gasteiger partial charge >= 0.3 is 12.0 Å². The molecule has 0 unspecified atom stereocenters. The lowest BCUT2D eigenvalue weighted by Crippen LogP contribution is -2.53. The lowest BCUT2D eigenvalue weighted by Gasteiger charge is -2.34. The van der Waals surface area contributed by atoms with Crippen LogP contribution in [0.2, 0.25) is 0 Å². The summed E-state index contributed by atoms with van der Waals surface area (Å²) in [4.78, 5) is 24.0. The highest BCUT2D eigenvalue weighted by molar-refractivity contribution is 7.89. The van der Waals surface area contributed by atoms with Crippen LogP contribution in [0.3, 0.4) is 0 Å². The van der Waals surface area contributed by atoms with Crippen molar-refractivity contribution >= 4 is 22.0 Å². The van der Waals surface area contributed by atoms with Gasteiger partial charge in [-0.3, -0.25) is 4.79 Å². The maximum Gasteiger partial charge on any atom is 0.317 e. The smallest absolute Gasteiger partial charge is 0.317 e. The van der Waals surface area contributed by atoms with Gasteiger partial charge in [0, 0.05) is 32.7 Å². The summed E-state index contributed by atoms with van der Waals surface area (Å²) in [6.45, 7) is 0.891. The van der Waals surface area contributed by atoms with E-state index < -0.39 is 16.0 Å². The van der Waals surface area contributed by atoms with Gasteiger partial charge in [0.25, 0.3) is 0 Å². The van der Waals surface area contributed by atoms with E-state index in [1.54, 1.807) is 12.1 Å². The molecule has 25 heavy (non-hydrogen) atoms. The lowest BCUT2D eigenvalue weighted by molar-refractivity contribution is -0.136. The van der Waals surface area contributed by atoms with Crippen LogP contribution in [-0.4, -0.2) is 74.6 Å². The number of piperazine rings is 1. The van der Waals surface area contributed by atoms with Gasteiger partial charge in [0.05, 0.1) is 18.4 Å². The predicted octanol–water partition coefficient (Wildman–Crippen LogP) is 0.186. The van der Waals surface area contributed by atoms with Crippen LogP contribution >= 0.6 is 0 Å². The Labute approximate surface area is 146 Å². The summed E-state index contributed by atoms with van der Waals surface area (Å²) in [5.74, 6) is -0.419. The van der Waals surface area contributed by atoms with Crippen LogP contribution in [-0.2, 0) is 14.8 Å². The van der Waals surface area contributed by atoms with Crippen LogP contribution < -0.4 is 10.1 Å². The van der Waals surface area contributed by atoms with Gasteiger partial charge < -0.3 is 20.1 Å². The fourth-order valence-electron chi connectivity index (χ4n) is 2.42. The molecule has 1 heterocycles. The van der Waals surface area contributed by atoms with Crippen LogP contribution in [0.4, 0.5) is 4.79 Å². The van der Waals surface area contributed by atoms with Gasteiger partial charge in [-0.1, -0.05) is 0 Å². The van der Waals surface area contributed by atoms with Gasteiger partial charge in [-0.05, 0) is 24.3 Å². The molecule has 2 amide bonds. The van der Waals surface area contributed by atoms with E-state index in [2.05, 4.69) is 5.32 Å². The Kier molecular flexibility index (Phi) is 6.21. The number of aliphatic carboxylic acids is 1. The van der Waals surface area contributed by atoms with E-state index in [-0.39, 0.29) is 50.1 Å². The van der Waals surface area contributed by atoms with Gasteiger partial charge in [0.1, 0.15) is 5.75 Å². The van der Waals surface area contributed by atoms with Crippen LogP contribution in [0.5, 0.6) is 5.75 Å². The maximum atomic E-state index is 12.6. The topological polar surface area (TPSA) is 116 Å². The summed E-state index contributed by atoms with van der Waals surface area (Å²) in [5.41, 5.74) is 0. The van der Waals surface area contributed by atoms with Gasteiger partial charge in [-0.15, -0.1) is 0 Å². The highest BCUT2D eigenvalue weighted by atomic mass is 32.2. The van der Waals surface area contributed by atoms with Crippen molar-refractivity contribution in [1.82, 2.24) is 14.5 Å². The third-order valence-electron chi connectivity index (χ3n) is 3.84. The van der Waals surface area contributed by atoms with Crippen LogP contribution in [0.15, 0.2) is 29.2 Å². The van der Waals surface area contributed by atoms with Crippen molar-refractivity contribution in [3.63, 3.8) is 0 Å². The highest BCUT2D eigenvalue weighted by Crippen LogP contribution is 2.20. The second-order valence-electron chi connectivity index (χ2n) is 5.44. The second kappa shape index (κ2) is 8.17. The van der Waals surface area contributed by atoms with Gasteiger partial charge in [-0.25, -0.2) is 13.2 Å². The first-order valence-electron chi connectivity index (χ1n) is 7.73. The summed E-state index contributed by atoms with van der Waals surface area (Å²) < 4.78 is 31.6.